The normalized spacial score (nSPS) is 31.5. The van der Waals surface area contributed by atoms with Gasteiger partial charge in [0.15, 0.2) is 6.23 Å². The summed E-state index contributed by atoms with van der Waals surface area (Å²) in [6.45, 7) is 0.996. The summed E-state index contributed by atoms with van der Waals surface area (Å²) in [4.78, 5) is 8.04. The van der Waals surface area contributed by atoms with Crippen molar-refractivity contribution in [3.63, 3.8) is 0 Å². The Labute approximate surface area is 126 Å². The number of aliphatic hydroxyl groups excluding tert-OH is 2. The van der Waals surface area contributed by atoms with Crippen molar-refractivity contribution in [2.24, 2.45) is 0 Å². The van der Waals surface area contributed by atoms with E-state index in [-0.39, 0.29) is 5.82 Å². The third-order valence-electron chi connectivity index (χ3n) is 3.98. The lowest BCUT2D eigenvalue weighted by atomic mass is 9.96. The molecule has 0 amide bonds. The quantitative estimate of drug-likeness (QED) is 0.524. The first-order valence-corrected chi connectivity index (χ1v) is 6.66. The van der Waals surface area contributed by atoms with Crippen LogP contribution in [0.4, 0.5) is 5.82 Å². The zero-order valence-corrected chi connectivity index (χ0v) is 11.8. The first-order valence-electron chi connectivity index (χ1n) is 6.66. The predicted octanol–water partition coefficient (Wildman–Crippen LogP) is -1.00. The van der Waals surface area contributed by atoms with Crippen molar-refractivity contribution in [2.45, 2.75) is 31.0 Å². The zero-order valence-electron chi connectivity index (χ0n) is 11.8. The van der Waals surface area contributed by atoms with E-state index in [4.69, 9.17) is 16.9 Å². The SMILES string of the molecule is C#Cc1cn(C2OC(CO)C(O)C2(C)O)c2ncnc(N)c12. The number of ether oxygens (including phenoxy) is 1. The highest BCUT2D eigenvalue weighted by molar-refractivity contribution is 5.92. The standard InChI is InChI=1S/C14H16N4O4/c1-3-7-4-18(12-9(7)11(15)16-6-17-12)13-14(2,21)10(20)8(5-19)22-13/h1,4,6,8,10,13,19-21H,5H2,2H3,(H2,15,16,17). The largest absolute Gasteiger partial charge is 0.394 e. The van der Waals surface area contributed by atoms with Crippen LogP contribution in [0.25, 0.3) is 11.0 Å². The minimum Gasteiger partial charge on any atom is -0.394 e. The minimum atomic E-state index is -1.63. The summed E-state index contributed by atoms with van der Waals surface area (Å²) in [5.41, 5.74) is 5.05. The molecule has 1 fully saturated rings. The monoisotopic (exact) mass is 304 g/mol. The fraction of sp³-hybridized carbons (Fsp3) is 0.429. The number of rotatable bonds is 2. The second-order valence-corrected chi connectivity index (χ2v) is 5.43. The van der Waals surface area contributed by atoms with Gasteiger partial charge in [-0.1, -0.05) is 5.92 Å². The number of aromatic nitrogens is 3. The molecule has 116 valence electrons. The molecule has 1 aliphatic heterocycles. The van der Waals surface area contributed by atoms with E-state index in [2.05, 4.69) is 15.9 Å². The van der Waals surface area contributed by atoms with Crippen LogP contribution in [0, 0.1) is 12.3 Å². The van der Waals surface area contributed by atoms with Gasteiger partial charge in [0.25, 0.3) is 0 Å². The molecule has 0 radical (unpaired) electrons. The molecule has 8 heteroatoms. The number of anilines is 1. The molecule has 8 nitrogen and oxygen atoms in total. The first-order chi connectivity index (χ1) is 10.4. The van der Waals surface area contributed by atoms with Crippen molar-refractivity contribution < 1.29 is 20.1 Å². The Hall–Kier alpha value is -2.18. The van der Waals surface area contributed by atoms with E-state index in [1.807, 2.05) is 0 Å². The van der Waals surface area contributed by atoms with Crippen molar-refractivity contribution >= 4 is 16.9 Å². The molecule has 0 spiro atoms. The van der Waals surface area contributed by atoms with Crippen LogP contribution < -0.4 is 5.73 Å². The van der Waals surface area contributed by atoms with Crippen LogP contribution in [0.1, 0.15) is 18.7 Å². The maximum atomic E-state index is 10.6. The van der Waals surface area contributed by atoms with E-state index in [9.17, 15) is 15.3 Å². The Balaban J connectivity index is 2.20. The minimum absolute atomic E-state index is 0.216. The van der Waals surface area contributed by atoms with Crippen LogP contribution in [0.5, 0.6) is 0 Å². The number of terminal acetylenes is 1. The number of hydrogen-bond acceptors (Lipinski definition) is 7. The van der Waals surface area contributed by atoms with Crippen molar-refractivity contribution in [1.29, 1.82) is 0 Å². The summed E-state index contributed by atoms with van der Waals surface area (Å²) in [5.74, 6) is 2.70. The molecular weight excluding hydrogens is 288 g/mol. The van der Waals surface area contributed by atoms with Crippen molar-refractivity contribution in [3.05, 3.63) is 18.1 Å². The van der Waals surface area contributed by atoms with Gasteiger partial charge in [0.05, 0.1) is 17.6 Å². The summed E-state index contributed by atoms with van der Waals surface area (Å²) in [6, 6.07) is 0. The summed E-state index contributed by atoms with van der Waals surface area (Å²) in [5, 5.41) is 30.4. The fourth-order valence-electron chi connectivity index (χ4n) is 2.79. The number of nitrogens with two attached hydrogens (primary N) is 1. The van der Waals surface area contributed by atoms with Gasteiger partial charge in [-0.05, 0) is 6.92 Å². The Kier molecular flexibility index (Phi) is 3.30. The lowest BCUT2D eigenvalue weighted by Gasteiger charge is -2.27. The maximum absolute atomic E-state index is 10.6. The zero-order chi connectivity index (χ0) is 16.1. The van der Waals surface area contributed by atoms with Crippen LogP contribution >= 0.6 is 0 Å². The molecule has 0 aromatic carbocycles. The average Bonchev–Trinajstić information content (AvgIpc) is 2.97. The van der Waals surface area contributed by atoms with E-state index < -0.39 is 30.6 Å². The third kappa shape index (κ3) is 1.88. The fourth-order valence-corrected chi connectivity index (χ4v) is 2.79. The van der Waals surface area contributed by atoms with Gasteiger partial charge < -0.3 is 30.4 Å². The third-order valence-corrected chi connectivity index (χ3v) is 3.98. The van der Waals surface area contributed by atoms with Gasteiger partial charge in [0.1, 0.15) is 35.6 Å². The summed E-state index contributed by atoms with van der Waals surface area (Å²) >= 11 is 0. The van der Waals surface area contributed by atoms with Crippen molar-refractivity contribution in [1.82, 2.24) is 14.5 Å². The number of nitrogens with zero attached hydrogens (tertiary/aromatic N) is 3. The van der Waals surface area contributed by atoms with Gasteiger partial charge >= 0.3 is 0 Å². The van der Waals surface area contributed by atoms with Crippen LogP contribution in [0.3, 0.4) is 0 Å². The molecule has 2 aromatic rings. The molecule has 3 heterocycles. The van der Waals surface area contributed by atoms with Crippen LogP contribution in [0.15, 0.2) is 12.5 Å². The highest BCUT2D eigenvalue weighted by Gasteiger charge is 2.53. The Morgan fingerprint density at radius 3 is 2.86 bits per heavy atom. The average molecular weight is 304 g/mol. The van der Waals surface area contributed by atoms with Gasteiger partial charge in [-0.15, -0.1) is 6.42 Å². The van der Waals surface area contributed by atoms with E-state index in [1.165, 1.54) is 17.8 Å². The topological polar surface area (TPSA) is 127 Å². The van der Waals surface area contributed by atoms with Crippen LogP contribution in [-0.4, -0.2) is 54.3 Å². The Bertz CT molecular complexity index is 764. The Morgan fingerprint density at radius 2 is 2.27 bits per heavy atom. The molecule has 22 heavy (non-hydrogen) atoms. The summed E-state index contributed by atoms with van der Waals surface area (Å²) in [7, 11) is 0. The predicted molar refractivity (Wildman–Crippen MR) is 77.5 cm³/mol. The lowest BCUT2D eigenvalue weighted by molar-refractivity contribution is -0.0948. The molecule has 1 aliphatic rings. The highest BCUT2D eigenvalue weighted by atomic mass is 16.6. The van der Waals surface area contributed by atoms with Crippen molar-refractivity contribution in [2.75, 3.05) is 12.3 Å². The van der Waals surface area contributed by atoms with E-state index in [0.717, 1.165) is 0 Å². The Morgan fingerprint density at radius 1 is 1.55 bits per heavy atom. The van der Waals surface area contributed by atoms with Crippen LogP contribution in [0.2, 0.25) is 0 Å². The van der Waals surface area contributed by atoms with E-state index >= 15 is 0 Å². The smallest absolute Gasteiger partial charge is 0.167 e. The van der Waals surface area contributed by atoms with Gasteiger partial charge in [-0.25, -0.2) is 9.97 Å². The van der Waals surface area contributed by atoms with Gasteiger partial charge in [0, 0.05) is 6.20 Å². The summed E-state index contributed by atoms with van der Waals surface area (Å²) < 4.78 is 7.07. The van der Waals surface area contributed by atoms with Crippen LogP contribution in [-0.2, 0) is 4.74 Å². The van der Waals surface area contributed by atoms with Gasteiger partial charge in [-0.2, -0.15) is 0 Å². The lowest BCUT2D eigenvalue weighted by Crippen LogP contribution is -2.44. The van der Waals surface area contributed by atoms with Crippen molar-refractivity contribution in [3.8, 4) is 12.3 Å². The van der Waals surface area contributed by atoms with Gasteiger partial charge in [-0.3, -0.25) is 0 Å². The molecule has 2 aromatic heterocycles. The van der Waals surface area contributed by atoms with Gasteiger partial charge in [0.2, 0.25) is 0 Å². The number of hydrogen-bond donors (Lipinski definition) is 4. The number of fused-ring (bicyclic) bond motifs is 1. The molecule has 4 unspecified atom stereocenters. The molecule has 5 N–H and O–H groups in total. The second-order valence-electron chi connectivity index (χ2n) is 5.43. The molecule has 1 saturated heterocycles. The second kappa shape index (κ2) is 4.93. The molecule has 0 aliphatic carbocycles. The van der Waals surface area contributed by atoms with E-state index in [1.54, 1.807) is 6.20 Å². The molecular formula is C14H16N4O4. The van der Waals surface area contributed by atoms with E-state index in [0.29, 0.717) is 16.6 Å². The maximum Gasteiger partial charge on any atom is 0.167 e. The summed E-state index contributed by atoms with van der Waals surface area (Å²) in [6.07, 6.45) is 5.17. The molecule has 0 saturated carbocycles. The molecule has 4 atom stereocenters. The number of aliphatic hydroxyl groups is 3. The molecule has 3 rings (SSSR count). The molecule has 0 bridgehead atoms. The first kappa shape index (κ1) is 14.7. The highest BCUT2D eigenvalue weighted by Crippen LogP contribution is 2.40. The number of nitrogen functional groups attached to an aromatic ring is 1.